The summed E-state index contributed by atoms with van der Waals surface area (Å²) in [6.07, 6.45) is 2.45. The Labute approximate surface area is 71.3 Å². The quantitative estimate of drug-likeness (QED) is 0.616. The molecule has 0 bridgehead atoms. The van der Waals surface area contributed by atoms with Crippen LogP contribution in [0.5, 0.6) is 0 Å². The first-order valence-corrected chi connectivity index (χ1v) is 3.56. The molecule has 0 radical (unpaired) electrons. The summed E-state index contributed by atoms with van der Waals surface area (Å²) in [5.74, 6) is 0. The van der Waals surface area contributed by atoms with Crippen LogP contribution < -0.4 is 5.46 Å². The predicted octanol–water partition coefficient (Wildman–Crippen LogP) is 0.784. The van der Waals surface area contributed by atoms with Crippen LogP contribution in [0.3, 0.4) is 0 Å². The molecule has 13 heavy (non-hydrogen) atoms. The molecular weight excluding hydrogens is 182 g/mol. The largest absolute Gasteiger partial charge is 0.509 e. The van der Waals surface area contributed by atoms with Crippen LogP contribution in [0.25, 0.3) is 5.65 Å². The van der Waals surface area contributed by atoms with Crippen molar-refractivity contribution in [2.24, 2.45) is 0 Å². The average molecular weight is 186 g/mol. The fraction of sp³-hybridized carbons (Fsp3) is 0. The molecule has 0 aromatic carbocycles. The topological polar surface area (TPSA) is 30.2 Å². The van der Waals surface area contributed by atoms with Gasteiger partial charge in [0.2, 0.25) is 0 Å². The van der Waals surface area contributed by atoms with Gasteiger partial charge in [-0.2, -0.15) is 5.10 Å². The van der Waals surface area contributed by atoms with Crippen LogP contribution in [0.4, 0.5) is 12.9 Å². The zero-order valence-corrected chi connectivity index (χ0v) is 6.36. The molecule has 0 amide bonds. The molecule has 2 aromatic rings. The lowest BCUT2D eigenvalue weighted by Crippen LogP contribution is -2.34. The Morgan fingerprint density at radius 3 is 2.77 bits per heavy atom. The number of hydrogen-bond donors (Lipinski definition) is 0. The van der Waals surface area contributed by atoms with Crippen molar-refractivity contribution in [2.45, 2.75) is 0 Å². The van der Waals surface area contributed by atoms with E-state index in [0.717, 1.165) is 12.1 Å². The Bertz CT molecular complexity index is 436. The maximum Gasteiger partial charge on any atom is 0.509 e. The summed E-state index contributed by atoms with van der Waals surface area (Å²) < 4.78 is 38.0. The lowest BCUT2D eigenvalue weighted by atomic mass is 9.81. The minimum Gasteiger partial charge on any atom is -0.445 e. The molecule has 0 atom stereocenters. The van der Waals surface area contributed by atoms with E-state index in [4.69, 9.17) is 0 Å². The highest BCUT2D eigenvalue weighted by atomic mass is 19.4. The number of nitrogens with zero attached hydrogens (tertiary/aromatic N) is 3. The molecule has 0 unspecified atom stereocenters. The first-order valence-electron chi connectivity index (χ1n) is 3.56. The fourth-order valence-electron chi connectivity index (χ4n) is 1.03. The lowest BCUT2D eigenvalue weighted by Gasteiger charge is -2.13. The van der Waals surface area contributed by atoms with Gasteiger partial charge in [0.1, 0.15) is 6.33 Å². The van der Waals surface area contributed by atoms with Gasteiger partial charge in [0.15, 0.2) is 5.65 Å². The molecule has 2 aromatic heterocycles. The van der Waals surface area contributed by atoms with Gasteiger partial charge < -0.3 is 12.9 Å². The van der Waals surface area contributed by atoms with Crippen LogP contribution in [-0.2, 0) is 0 Å². The summed E-state index contributed by atoms with van der Waals surface area (Å²) in [4.78, 5) is 3.65. The highest BCUT2D eigenvalue weighted by Gasteiger charge is 2.25. The second-order valence-corrected chi connectivity index (χ2v) is 2.60. The molecule has 3 nitrogen and oxygen atoms in total. The zero-order chi connectivity index (χ0) is 9.47. The summed E-state index contributed by atoms with van der Waals surface area (Å²) in [5, 5.41) is 3.69. The molecular formula is C6H4BF3N3-. The van der Waals surface area contributed by atoms with Gasteiger partial charge in [-0.25, -0.2) is 9.50 Å². The first-order chi connectivity index (χ1) is 6.07. The molecule has 2 rings (SSSR count). The number of aromatic nitrogens is 3. The molecule has 68 valence electrons. The Hall–Kier alpha value is -1.53. The SMILES string of the molecule is F[B-](F)(F)c1ccn2ncnc2c1. The van der Waals surface area contributed by atoms with Crippen LogP contribution in [0.2, 0.25) is 0 Å². The zero-order valence-electron chi connectivity index (χ0n) is 6.36. The number of hydrogen-bond acceptors (Lipinski definition) is 2. The van der Waals surface area contributed by atoms with E-state index in [0.29, 0.717) is 0 Å². The third kappa shape index (κ3) is 1.37. The highest BCUT2D eigenvalue weighted by molar-refractivity contribution is 6.73. The molecule has 0 aliphatic carbocycles. The van der Waals surface area contributed by atoms with Gasteiger partial charge in [-0.3, -0.25) is 0 Å². The van der Waals surface area contributed by atoms with Gasteiger partial charge >= 0.3 is 6.98 Å². The van der Waals surface area contributed by atoms with E-state index in [2.05, 4.69) is 10.1 Å². The number of halogens is 3. The van der Waals surface area contributed by atoms with E-state index < -0.39 is 12.4 Å². The summed E-state index contributed by atoms with van der Waals surface area (Å²) in [5.41, 5.74) is -0.447. The van der Waals surface area contributed by atoms with E-state index in [1.807, 2.05) is 0 Å². The maximum absolute atomic E-state index is 12.2. The van der Waals surface area contributed by atoms with Gasteiger partial charge in [-0.1, -0.05) is 6.07 Å². The summed E-state index contributed by atoms with van der Waals surface area (Å²) in [6.45, 7) is -4.95. The van der Waals surface area contributed by atoms with E-state index in [1.54, 1.807) is 0 Å². The molecule has 0 N–H and O–H groups in total. The van der Waals surface area contributed by atoms with Crippen molar-refractivity contribution < 1.29 is 12.9 Å². The molecule has 0 spiro atoms. The van der Waals surface area contributed by atoms with Gasteiger partial charge in [0.25, 0.3) is 0 Å². The van der Waals surface area contributed by atoms with Crippen molar-refractivity contribution in [3.63, 3.8) is 0 Å². The molecule has 0 saturated carbocycles. The summed E-state index contributed by atoms with van der Waals surface area (Å²) in [7, 11) is 0. The summed E-state index contributed by atoms with van der Waals surface area (Å²) in [6, 6.07) is 1.97. The van der Waals surface area contributed by atoms with E-state index >= 15 is 0 Å². The van der Waals surface area contributed by atoms with Crippen LogP contribution in [0.15, 0.2) is 24.7 Å². The number of rotatable bonds is 1. The van der Waals surface area contributed by atoms with Crippen LogP contribution >= 0.6 is 0 Å². The van der Waals surface area contributed by atoms with Crippen molar-refractivity contribution in [1.29, 1.82) is 0 Å². The van der Waals surface area contributed by atoms with Crippen molar-refractivity contribution in [1.82, 2.24) is 14.6 Å². The molecule has 2 heterocycles. The van der Waals surface area contributed by atoms with Crippen LogP contribution in [-0.4, -0.2) is 21.6 Å². The first kappa shape index (κ1) is 8.09. The smallest absolute Gasteiger partial charge is 0.445 e. The van der Waals surface area contributed by atoms with E-state index in [-0.39, 0.29) is 5.65 Å². The van der Waals surface area contributed by atoms with Gasteiger partial charge in [0.05, 0.1) is 0 Å². The predicted molar refractivity (Wildman–Crippen MR) is 41.7 cm³/mol. The normalized spacial score (nSPS) is 12.2. The van der Waals surface area contributed by atoms with Gasteiger partial charge in [-0.15, -0.1) is 5.46 Å². The monoisotopic (exact) mass is 186 g/mol. The van der Waals surface area contributed by atoms with Crippen molar-refractivity contribution in [2.75, 3.05) is 0 Å². The van der Waals surface area contributed by atoms with Crippen LogP contribution in [0, 0.1) is 0 Å². The highest BCUT2D eigenvalue weighted by Crippen LogP contribution is 2.09. The van der Waals surface area contributed by atoms with Gasteiger partial charge in [0, 0.05) is 6.20 Å². The van der Waals surface area contributed by atoms with Crippen LogP contribution in [0.1, 0.15) is 0 Å². The number of fused-ring (bicyclic) bond motifs is 1. The molecule has 0 saturated heterocycles. The fourth-order valence-corrected chi connectivity index (χ4v) is 1.03. The third-order valence-electron chi connectivity index (χ3n) is 1.68. The minimum absolute atomic E-state index is 0.205. The third-order valence-corrected chi connectivity index (χ3v) is 1.68. The van der Waals surface area contributed by atoms with Crippen molar-refractivity contribution >= 4 is 18.1 Å². The standard InChI is InChI=1S/C6H4BF3N3/c8-7(9,10)5-1-2-13-6(3-5)11-4-12-13/h1-4H/q-1. The van der Waals surface area contributed by atoms with Crippen molar-refractivity contribution in [3.8, 4) is 0 Å². The Kier molecular flexibility index (Phi) is 1.54. The second kappa shape index (κ2) is 2.48. The molecule has 0 fully saturated rings. The molecule has 0 aliphatic rings. The van der Waals surface area contributed by atoms with E-state index in [1.165, 1.54) is 17.0 Å². The molecule has 7 heteroatoms. The van der Waals surface area contributed by atoms with Gasteiger partial charge in [-0.05, 0) is 6.07 Å². The minimum atomic E-state index is -4.95. The Morgan fingerprint density at radius 2 is 2.08 bits per heavy atom. The van der Waals surface area contributed by atoms with Crippen molar-refractivity contribution in [3.05, 3.63) is 24.7 Å². The average Bonchev–Trinajstić information content (AvgIpc) is 2.47. The number of pyridine rings is 1. The maximum atomic E-state index is 12.2. The summed E-state index contributed by atoms with van der Waals surface area (Å²) >= 11 is 0. The molecule has 0 aliphatic heterocycles. The Morgan fingerprint density at radius 1 is 1.31 bits per heavy atom. The van der Waals surface area contributed by atoms with E-state index in [9.17, 15) is 12.9 Å². The second-order valence-electron chi connectivity index (χ2n) is 2.60. The Balaban J connectivity index is 2.61. The lowest BCUT2D eigenvalue weighted by molar-refractivity contribution is 0.501.